The normalized spacial score (nSPS) is 23.9. The molecule has 1 heterocycles. The number of aliphatic carboxylic acids is 1. The van der Waals surface area contributed by atoms with E-state index in [2.05, 4.69) is 5.32 Å². The average Bonchev–Trinajstić information content (AvgIpc) is 2.74. The zero-order chi connectivity index (χ0) is 22.6. The van der Waals surface area contributed by atoms with Crippen molar-refractivity contribution in [1.29, 1.82) is 0 Å². The van der Waals surface area contributed by atoms with Crippen LogP contribution in [0.2, 0.25) is 0 Å². The largest absolute Gasteiger partial charge is 0.481 e. The first-order valence-electron chi connectivity index (χ1n) is 12.1. The van der Waals surface area contributed by atoms with Crippen LogP contribution >= 0.6 is 0 Å². The van der Waals surface area contributed by atoms with Gasteiger partial charge < -0.3 is 20.1 Å². The highest BCUT2D eigenvalue weighted by Gasteiger charge is 2.40. The Hall–Kier alpha value is -1.63. The molecule has 0 aromatic carbocycles. The maximum Gasteiger partial charge on any atom is 0.306 e. The van der Waals surface area contributed by atoms with Crippen molar-refractivity contribution in [2.45, 2.75) is 90.7 Å². The number of piperidine rings is 1. The summed E-state index contributed by atoms with van der Waals surface area (Å²) in [6, 6.07) is -0.738. The quantitative estimate of drug-likeness (QED) is 0.609. The van der Waals surface area contributed by atoms with Gasteiger partial charge in [0.25, 0.3) is 0 Å². The fourth-order valence-electron chi connectivity index (χ4n) is 5.26. The van der Waals surface area contributed by atoms with Crippen LogP contribution in [0.4, 0.5) is 0 Å². The van der Waals surface area contributed by atoms with E-state index in [4.69, 9.17) is 4.74 Å². The number of nitrogens with zero attached hydrogens (tertiary/aromatic N) is 1. The minimum absolute atomic E-state index is 0.164. The van der Waals surface area contributed by atoms with Crippen molar-refractivity contribution in [3.8, 4) is 0 Å². The van der Waals surface area contributed by atoms with Crippen molar-refractivity contribution in [1.82, 2.24) is 10.2 Å². The van der Waals surface area contributed by atoms with Gasteiger partial charge in [-0.05, 0) is 69.6 Å². The summed E-state index contributed by atoms with van der Waals surface area (Å²) >= 11 is 0. The number of carbonyl (C=O) groups excluding carboxylic acids is 2. The first-order valence-corrected chi connectivity index (χ1v) is 12.1. The molecule has 2 atom stereocenters. The number of carbonyl (C=O) groups is 3. The van der Waals surface area contributed by atoms with E-state index < -0.39 is 24.0 Å². The topological polar surface area (TPSA) is 95.9 Å². The molecule has 7 nitrogen and oxygen atoms in total. The van der Waals surface area contributed by atoms with Gasteiger partial charge in [-0.3, -0.25) is 14.4 Å². The summed E-state index contributed by atoms with van der Waals surface area (Å²) in [6.45, 7) is 6.91. The molecule has 1 saturated heterocycles. The SMILES string of the molecule is CC(C)C(=O)NC(C(=O)N1CCC(C(=O)O)CC1)C(C)OCC1CCC2(CCC2)CC1. The lowest BCUT2D eigenvalue weighted by atomic mass is 9.59. The Balaban J connectivity index is 1.55. The first kappa shape index (κ1) is 24.0. The maximum absolute atomic E-state index is 13.2. The summed E-state index contributed by atoms with van der Waals surface area (Å²) < 4.78 is 6.16. The molecule has 176 valence electrons. The first-order chi connectivity index (χ1) is 14.7. The van der Waals surface area contributed by atoms with Gasteiger partial charge in [0.05, 0.1) is 12.0 Å². The minimum Gasteiger partial charge on any atom is -0.481 e. The number of hydrogen-bond acceptors (Lipinski definition) is 4. The van der Waals surface area contributed by atoms with Crippen LogP contribution in [0.25, 0.3) is 0 Å². The molecule has 2 unspecified atom stereocenters. The molecule has 0 aromatic rings. The molecule has 0 bridgehead atoms. The number of carboxylic acid groups (broad SMARTS) is 1. The molecule has 2 N–H and O–H groups in total. The molecule has 1 spiro atoms. The van der Waals surface area contributed by atoms with Gasteiger partial charge in [0.1, 0.15) is 6.04 Å². The maximum atomic E-state index is 13.2. The Labute approximate surface area is 186 Å². The molecule has 3 rings (SSSR count). The third-order valence-electron chi connectivity index (χ3n) is 7.89. The second-order valence-corrected chi connectivity index (χ2v) is 10.4. The molecule has 3 aliphatic rings. The Morgan fingerprint density at radius 1 is 1.03 bits per heavy atom. The molecule has 0 radical (unpaired) electrons. The molecule has 2 amide bonds. The fraction of sp³-hybridized carbons (Fsp3) is 0.875. The second kappa shape index (κ2) is 10.3. The zero-order valence-corrected chi connectivity index (χ0v) is 19.4. The Morgan fingerprint density at radius 2 is 1.65 bits per heavy atom. The van der Waals surface area contributed by atoms with Crippen molar-refractivity contribution < 1.29 is 24.2 Å². The van der Waals surface area contributed by atoms with E-state index in [0.717, 1.165) is 0 Å². The smallest absolute Gasteiger partial charge is 0.306 e. The van der Waals surface area contributed by atoms with Crippen LogP contribution in [0.15, 0.2) is 0 Å². The van der Waals surface area contributed by atoms with Gasteiger partial charge in [-0.1, -0.05) is 20.3 Å². The third-order valence-corrected chi connectivity index (χ3v) is 7.89. The molecular weight excluding hydrogens is 396 g/mol. The number of ether oxygens (including phenoxy) is 1. The monoisotopic (exact) mass is 436 g/mol. The van der Waals surface area contributed by atoms with Gasteiger partial charge >= 0.3 is 5.97 Å². The second-order valence-electron chi connectivity index (χ2n) is 10.4. The minimum atomic E-state index is -0.801. The van der Waals surface area contributed by atoms with E-state index in [1.54, 1.807) is 18.7 Å². The zero-order valence-electron chi connectivity index (χ0n) is 19.4. The molecular formula is C24H40N2O5. The van der Waals surface area contributed by atoms with E-state index >= 15 is 0 Å². The Morgan fingerprint density at radius 3 is 2.13 bits per heavy atom. The lowest BCUT2D eigenvalue weighted by Gasteiger charge is -2.47. The highest BCUT2D eigenvalue weighted by molar-refractivity contribution is 5.89. The van der Waals surface area contributed by atoms with Crippen LogP contribution in [0.1, 0.15) is 78.6 Å². The molecule has 7 heteroatoms. The molecule has 2 saturated carbocycles. The van der Waals surface area contributed by atoms with Crippen molar-refractivity contribution >= 4 is 17.8 Å². The van der Waals surface area contributed by atoms with E-state index in [-0.39, 0.29) is 17.7 Å². The molecule has 0 aromatic heterocycles. The van der Waals surface area contributed by atoms with Crippen molar-refractivity contribution in [2.75, 3.05) is 19.7 Å². The van der Waals surface area contributed by atoms with Crippen LogP contribution < -0.4 is 5.32 Å². The highest BCUT2D eigenvalue weighted by atomic mass is 16.5. The summed E-state index contributed by atoms with van der Waals surface area (Å²) in [7, 11) is 0. The molecule has 31 heavy (non-hydrogen) atoms. The van der Waals surface area contributed by atoms with Gasteiger partial charge in [0.15, 0.2) is 0 Å². The van der Waals surface area contributed by atoms with Crippen LogP contribution in [-0.2, 0) is 19.1 Å². The summed E-state index contributed by atoms with van der Waals surface area (Å²) in [5.41, 5.74) is 0.619. The highest BCUT2D eigenvalue weighted by Crippen LogP contribution is 2.52. The van der Waals surface area contributed by atoms with Crippen molar-refractivity contribution in [2.24, 2.45) is 23.2 Å². The van der Waals surface area contributed by atoms with Gasteiger partial charge in [-0.2, -0.15) is 0 Å². The molecule has 3 fully saturated rings. The van der Waals surface area contributed by atoms with Crippen LogP contribution in [0.5, 0.6) is 0 Å². The van der Waals surface area contributed by atoms with Crippen LogP contribution in [0.3, 0.4) is 0 Å². The molecule has 1 aliphatic heterocycles. The Bertz CT molecular complexity index is 642. The lowest BCUT2D eigenvalue weighted by molar-refractivity contribution is -0.148. The molecule has 2 aliphatic carbocycles. The number of amides is 2. The van der Waals surface area contributed by atoms with E-state index in [9.17, 15) is 19.5 Å². The van der Waals surface area contributed by atoms with Gasteiger partial charge in [-0.25, -0.2) is 0 Å². The summed E-state index contributed by atoms with van der Waals surface area (Å²) in [5, 5.41) is 12.1. The fourth-order valence-corrected chi connectivity index (χ4v) is 5.26. The van der Waals surface area contributed by atoms with Crippen LogP contribution in [0, 0.1) is 23.2 Å². The number of hydrogen-bond donors (Lipinski definition) is 2. The van der Waals surface area contributed by atoms with E-state index in [1.165, 1.54) is 44.9 Å². The predicted molar refractivity (Wildman–Crippen MR) is 117 cm³/mol. The summed E-state index contributed by atoms with van der Waals surface area (Å²) in [6.07, 6.45) is 9.57. The van der Waals surface area contributed by atoms with Crippen molar-refractivity contribution in [3.05, 3.63) is 0 Å². The average molecular weight is 437 g/mol. The number of likely N-dealkylation sites (tertiary alicyclic amines) is 1. The van der Waals surface area contributed by atoms with E-state index in [1.807, 2.05) is 6.92 Å². The standard InChI is InChI=1S/C24H40N2O5/c1-16(2)21(27)25-20(22(28)26-13-7-19(8-14-26)23(29)30)17(3)31-15-18-5-11-24(12-6-18)9-4-10-24/h16-20H,4-15H2,1-3H3,(H,25,27)(H,29,30). The van der Waals surface area contributed by atoms with Gasteiger partial charge in [-0.15, -0.1) is 0 Å². The third kappa shape index (κ3) is 5.99. The van der Waals surface area contributed by atoms with Crippen molar-refractivity contribution in [3.63, 3.8) is 0 Å². The number of rotatable bonds is 8. The van der Waals surface area contributed by atoms with E-state index in [0.29, 0.717) is 43.9 Å². The van der Waals surface area contributed by atoms with Crippen LogP contribution in [-0.4, -0.2) is 59.6 Å². The van der Waals surface area contributed by atoms with Gasteiger partial charge in [0, 0.05) is 25.6 Å². The summed E-state index contributed by atoms with van der Waals surface area (Å²) in [4.78, 5) is 38.5. The van der Waals surface area contributed by atoms with Gasteiger partial charge in [0.2, 0.25) is 11.8 Å². The number of nitrogens with one attached hydrogen (secondary N) is 1. The Kier molecular flexibility index (Phi) is 8.00. The summed E-state index contributed by atoms with van der Waals surface area (Å²) in [5.74, 6) is -1.23. The predicted octanol–water partition coefficient (Wildman–Crippen LogP) is 3.22. The lowest BCUT2D eigenvalue weighted by Crippen LogP contribution is -2.56. The number of carboxylic acids is 1.